The highest BCUT2D eigenvalue weighted by atomic mass is 35.5. The van der Waals surface area contributed by atoms with Gasteiger partial charge in [-0.25, -0.2) is 9.78 Å². The molecule has 5 aromatic rings. The number of benzene rings is 4. The average Bonchev–Trinajstić information content (AvgIpc) is 3.12. The Hall–Kier alpha value is -5.27. The van der Waals surface area contributed by atoms with E-state index < -0.39 is 5.97 Å². The van der Waals surface area contributed by atoms with Gasteiger partial charge in [-0.2, -0.15) is 0 Å². The van der Waals surface area contributed by atoms with E-state index >= 15 is 0 Å². The number of aryl methyl sites for hydroxylation is 1. The SMILES string of the molecule is CCN(CC)C(=O)c1ccc(CCC(NC(=O)c2ccccc2C(=O)OC)c2cccc(/C=C/c3ccc4ccc(Cl)cc4n3)c2)cc1. The molecule has 1 N–H and O–H groups in total. The number of amides is 2. The Bertz CT molecular complexity index is 1950. The number of carbonyl (C=O) groups is 3. The molecule has 5 rings (SSSR count). The summed E-state index contributed by atoms with van der Waals surface area (Å²) in [5, 5.41) is 4.81. The number of aromatic nitrogens is 1. The van der Waals surface area contributed by atoms with E-state index in [9.17, 15) is 14.4 Å². The Morgan fingerprint density at radius 2 is 1.58 bits per heavy atom. The fourth-order valence-corrected chi connectivity index (χ4v) is 5.77. The van der Waals surface area contributed by atoms with Gasteiger partial charge in [0.05, 0.1) is 35.5 Å². The topological polar surface area (TPSA) is 88.6 Å². The number of methoxy groups -OCH3 is 1. The first-order valence-electron chi connectivity index (χ1n) is 16.0. The van der Waals surface area contributed by atoms with Crippen LogP contribution in [0.4, 0.5) is 0 Å². The van der Waals surface area contributed by atoms with Crippen molar-refractivity contribution in [2.24, 2.45) is 0 Å². The van der Waals surface area contributed by atoms with Crippen LogP contribution in [0.25, 0.3) is 23.1 Å². The summed E-state index contributed by atoms with van der Waals surface area (Å²) in [6.07, 6.45) is 5.16. The van der Waals surface area contributed by atoms with Crippen LogP contribution >= 0.6 is 11.6 Å². The van der Waals surface area contributed by atoms with Crippen molar-refractivity contribution >= 4 is 52.4 Å². The summed E-state index contributed by atoms with van der Waals surface area (Å²) in [4.78, 5) is 45.4. The quantitative estimate of drug-likeness (QED) is 0.136. The van der Waals surface area contributed by atoms with Gasteiger partial charge in [0, 0.05) is 29.1 Å². The molecule has 48 heavy (non-hydrogen) atoms. The fraction of sp³-hybridized carbons (Fsp3) is 0.200. The van der Waals surface area contributed by atoms with Crippen molar-refractivity contribution in [3.8, 4) is 0 Å². The largest absolute Gasteiger partial charge is 0.465 e. The molecule has 0 saturated carbocycles. The Morgan fingerprint density at radius 3 is 2.31 bits per heavy atom. The summed E-state index contributed by atoms with van der Waals surface area (Å²) in [5.74, 6) is -0.942. The Kier molecular flexibility index (Phi) is 11.4. The minimum absolute atomic E-state index is 0.00789. The Balaban J connectivity index is 1.40. The first kappa shape index (κ1) is 34.1. The maximum atomic E-state index is 13.7. The van der Waals surface area contributed by atoms with Crippen LogP contribution in [0.1, 0.15) is 79.8 Å². The number of hydrogen-bond donors (Lipinski definition) is 1. The van der Waals surface area contributed by atoms with Gasteiger partial charge >= 0.3 is 5.97 Å². The second-order valence-electron chi connectivity index (χ2n) is 11.4. The molecule has 0 aliphatic rings. The molecule has 1 unspecified atom stereocenters. The molecule has 1 aromatic heterocycles. The van der Waals surface area contributed by atoms with Crippen LogP contribution in [0, 0.1) is 0 Å². The number of carbonyl (C=O) groups excluding carboxylic acids is 3. The van der Waals surface area contributed by atoms with Gasteiger partial charge in [0.15, 0.2) is 0 Å². The highest BCUT2D eigenvalue weighted by Crippen LogP contribution is 2.24. The Labute approximate surface area is 286 Å². The molecule has 8 heteroatoms. The van der Waals surface area contributed by atoms with E-state index in [0.29, 0.717) is 36.5 Å². The van der Waals surface area contributed by atoms with Gasteiger partial charge in [0.25, 0.3) is 11.8 Å². The van der Waals surface area contributed by atoms with E-state index in [1.54, 1.807) is 29.2 Å². The van der Waals surface area contributed by atoms with E-state index in [4.69, 9.17) is 21.3 Å². The van der Waals surface area contributed by atoms with Gasteiger partial charge in [-0.3, -0.25) is 9.59 Å². The number of fused-ring (bicyclic) bond motifs is 1. The number of esters is 1. The fourth-order valence-electron chi connectivity index (χ4n) is 5.61. The minimum Gasteiger partial charge on any atom is -0.465 e. The number of rotatable bonds is 12. The predicted molar refractivity (Wildman–Crippen MR) is 192 cm³/mol. The van der Waals surface area contributed by atoms with Crippen LogP contribution in [0.15, 0.2) is 103 Å². The summed E-state index contributed by atoms with van der Waals surface area (Å²) >= 11 is 6.18. The van der Waals surface area contributed by atoms with Crippen LogP contribution in [-0.2, 0) is 11.2 Å². The lowest BCUT2D eigenvalue weighted by Crippen LogP contribution is -2.30. The zero-order valence-corrected chi connectivity index (χ0v) is 28.0. The van der Waals surface area contributed by atoms with Crippen molar-refractivity contribution in [2.45, 2.75) is 32.7 Å². The number of ether oxygens (including phenoxy) is 1. The number of halogens is 1. The predicted octanol–water partition coefficient (Wildman–Crippen LogP) is 8.43. The third-order valence-corrected chi connectivity index (χ3v) is 8.53. The third-order valence-electron chi connectivity index (χ3n) is 8.29. The molecular formula is C40H38ClN3O4. The maximum absolute atomic E-state index is 13.7. The summed E-state index contributed by atoms with van der Waals surface area (Å²) in [6, 6.07) is 31.5. The van der Waals surface area contributed by atoms with E-state index in [2.05, 4.69) is 5.32 Å². The molecule has 0 aliphatic heterocycles. The van der Waals surface area contributed by atoms with E-state index in [1.807, 2.05) is 105 Å². The number of nitrogens with zero attached hydrogens (tertiary/aromatic N) is 2. The molecular weight excluding hydrogens is 622 g/mol. The number of nitrogens with one attached hydrogen (secondary N) is 1. The van der Waals surface area contributed by atoms with Crippen molar-refractivity contribution in [2.75, 3.05) is 20.2 Å². The van der Waals surface area contributed by atoms with Crippen LogP contribution in [-0.4, -0.2) is 47.9 Å². The molecule has 0 fully saturated rings. The molecule has 2 amide bonds. The molecule has 4 aromatic carbocycles. The lowest BCUT2D eigenvalue weighted by molar-refractivity contribution is 0.0595. The summed E-state index contributed by atoms with van der Waals surface area (Å²) < 4.78 is 4.92. The lowest BCUT2D eigenvalue weighted by atomic mass is 9.96. The van der Waals surface area contributed by atoms with Crippen molar-refractivity contribution in [1.29, 1.82) is 0 Å². The monoisotopic (exact) mass is 659 g/mol. The lowest BCUT2D eigenvalue weighted by Gasteiger charge is -2.21. The van der Waals surface area contributed by atoms with Gasteiger partial charge in [-0.1, -0.05) is 72.3 Å². The zero-order valence-electron chi connectivity index (χ0n) is 27.3. The maximum Gasteiger partial charge on any atom is 0.338 e. The number of hydrogen-bond acceptors (Lipinski definition) is 5. The van der Waals surface area contributed by atoms with E-state index in [1.165, 1.54) is 7.11 Å². The van der Waals surface area contributed by atoms with Gasteiger partial charge in [0.1, 0.15) is 0 Å². The summed E-state index contributed by atoms with van der Waals surface area (Å²) in [7, 11) is 1.29. The molecule has 244 valence electrons. The Morgan fingerprint density at radius 1 is 0.854 bits per heavy atom. The van der Waals surface area contributed by atoms with Gasteiger partial charge in [-0.05, 0) is 98.0 Å². The van der Waals surface area contributed by atoms with Gasteiger partial charge < -0.3 is 15.0 Å². The average molecular weight is 660 g/mol. The van der Waals surface area contributed by atoms with E-state index in [-0.39, 0.29) is 29.0 Å². The van der Waals surface area contributed by atoms with Crippen molar-refractivity contribution < 1.29 is 19.1 Å². The number of pyridine rings is 1. The third kappa shape index (κ3) is 8.35. The van der Waals surface area contributed by atoms with Gasteiger partial charge in [0.2, 0.25) is 0 Å². The molecule has 0 radical (unpaired) electrons. The van der Waals surface area contributed by atoms with Crippen molar-refractivity contribution in [3.05, 3.63) is 147 Å². The second-order valence-corrected chi connectivity index (χ2v) is 11.8. The van der Waals surface area contributed by atoms with Gasteiger partial charge in [-0.15, -0.1) is 0 Å². The molecule has 0 bridgehead atoms. The smallest absolute Gasteiger partial charge is 0.338 e. The summed E-state index contributed by atoms with van der Waals surface area (Å²) in [5.41, 5.74) is 5.59. The highest BCUT2D eigenvalue weighted by Gasteiger charge is 2.21. The second kappa shape index (κ2) is 16.0. The standard InChI is InChI=1S/C40H38ClN3O4/c1-4-44(5-2)39(46)30-17-13-27(14-18-30)16-24-36(43-38(45)34-11-6-7-12-35(34)40(47)48-3)31-10-8-9-28(25-31)15-22-33-23-20-29-19-21-32(41)26-37(29)42-33/h6-15,17-23,25-26,36H,4-5,16,24H2,1-3H3,(H,43,45)/b22-15+. The minimum atomic E-state index is -0.576. The zero-order chi connectivity index (χ0) is 34.0. The molecule has 1 heterocycles. The van der Waals surface area contributed by atoms with Crippen molar-refractivity contribution in [1.82, 2.24) is 15.2 Å². The normalized spacial score (nSPS) is 11.8. The van der Waals surface area contributed by atoms with Crippen molar-refractivity contribution in [3.63, 3.8) is 0 Å². The molecule has 0 aliphatic carbocycles. The molecule has 0 spiro atoms. The molecule has 0 saturated heterocycles. The van der Waals surface area contributed by atoms with Crippen LogP contribution in [0.5, 0.6) is 0 Å². The first-order chi connectivity index (χ1) is 23.3. The van der Waals surface area contributed by atoms with E-state index in [0.717, 1.165) is 33.3 Å². The van der Waals surface area contributed by atoms with Crippen LogP contribution in [0.2, 0.25) is 5.02 Å². The van der Waals surface area contributed by atoms with Crippen LogP contribution in [0.3, 0.4) is 0 Å². The molecule has 1 atom stereocenters. The first-order valence-corrected chi connectivity index (χ1v) is 16.4. The molecule has 7 nitrogen and oxygen atoms in total. The summed E-state index contributed by atoms with van der Waals surface area (Å²) in [6.45, 7) is 5.24. The highest BCUT2D eigenvalue weighted by molar-refractivity contribution is 6.31. The van der Waals surface area contributed by atoms with Crippen LogP contribution < -0.4 is 5.32 Å².